The highest BCUT2D eigenvalue weighted by Crippen LogP contribution is 2.28. The van der Waals surface area contributed by atoms with E-state index in [1.165, 1.54) is 0 Å². The lowest BCUT2D eigenvalue weighted by Crippen LogP contribution is -2.35. The molecule has 1 aliphatic rings. The fourth-order valence-electron chi connectivity index (χ4n) is 3.28. The second-order valence-electron chi connectivity index (χ2n) is 6.51. The Morgan fingerprint density at radius 1 is 1.04 bits per heavy atom. The predicted molar refractivity (Wildman–Crippen MR) is 110 cm³/mol. The van der Waals surface area contributed by atoms with Gasteiger partial charge >= 0.3 is 0 Å². The van der Waals surface area contributed by atoms with Gasteiger partial charge in [0.05, 0.1) is 5.69 Å². The van der Waals surface area contributed by atoms with E-state index in [-0.39, 0.29) is 5.56 Å². The third-order valence-corrected chi connectivity index (χ3v) is 5.67. The first-order valence-electron chi connectivity index (χ1n) is 8.54. The molecule has 0 bridgehead atoms. The Morgan fingerprint density at radius 3 is 2.44 bits per heavy atom. The van der Waals surface area contributed by atoms with Crippen molar-refractivity contribution in [3.63, 3.8) is 0 Å². The minimum absolute atomic E-state index is 0.0830. The fourth-order valence-corrected chi connectivity index (χ4v) is 3.92. The van der Waals surface area contributed by atoms with Crippen LogP contribution in [0.25, 0.3) is 11.4 Å². The Kier molecular flexibility index (Phi) is 5.24. The van der Waals surface area contributed by atoms with Crippen LogP contribution in [0, 0.1) is 0 Å². The van der Waals surface area contributed by atoms with E-state index in [9.17, 15) is 4.79 Å². The predicted octanol–water partition coefficient (Wildman–Crippen LogP) is 4.96. The van der Waals surface area contributed by atoms with Crippen molar-refractivity contribution in [3.8, 4) is 11.4 Å². The molecule has 1 N–H and O–H groups in total. The van der Waals surface area contributed by atoms with Gasteiger partial charge in [0.2, 0.25) is 0 Å². The van der Waals surface area contributed by atoms with Crippen molar-refractivity contribution < 1.29 is 0 Å². The summed E-state index contributed by atoms with van der Waals surface area (Å²) in [4.78, 5) is 22.3. The molecule has 0 atom stereocenters. The molecular weight excluding hydrogens is 405 g/mol. The molecule has 2 aromatic carbocycles. The molecule has 7 heteroatoms. The highest BCUT2D eigenvalue weighted by Gasteiger charge is 2.22. The maximum absolute atomic E-state index is 12.5. The summed E-state index contributed by atoms with van der Waals surface area (Å²) in [7, 11) is 0. The third kappa shape index (κ3) is 3.90. The number of hydrogen-bond acceptors (Lipinski definition) is 3. The summed E-state index contributed by atoms with van der Waals surface area (Å²) in [5.41, 5.74) is 3.17. The number of aromatic amines is 1. The number of rotatable bonds is 3. The lowest BCUT2D eigenvalue weighted by Gasteiger charge is -2.28. The average molecular weight is 421 g/mol. The Morgan fingerprint density at radius 2 is 1.74 bits per heavy atom. The third-order valence-electron chi connectivity index (χ3n) is 4.71. The SMILES string of the molecule is O=c1[nH]c(-c2ccc(Cl)cc2)nc2c1CCN(Cc1c(Cl)cccc1Cl)C2. The minimum atomic E-state index is -0.0830. The van der Waals surface area contributed by atoms with Gasteiger partial charge < -0.3 is 4.98 Å². The maximum atomic E-state index is 12.5. The van der Waals surface area contributed by atoms with E-state index < -0.39 is 0 Å². The molecule has 0 unspecified atom stereocenters. The summed E-state index contributed by atoms with van der Waals surface area (Å²) in [6.07, 6.45) is 0.640. The second kappa shape index (κ2) is 7.64. The quantitative estimate of drug-likeness (QED) is 0.652. The van der Waals surface area contributed by atoms with Crippen molar-refractivity contribution in [2.75, 3.05) is 6.54 Å². The molecule has 2 heterocycles. The number of aromatic nitrogens is 2. The molecule has 1 aliphatic heterocycles. The lowest BCUT2D eigenvalue weighted by molar-refractivity contribution is 0.240. The van der Waals surface area contributed by atoms with Crippen LogP contribution in [0.2, 0.25) is 15.1 Å². The van der Waals surface area contributed by atoms with Gasteiger partial charge in [0.15, 0.2) is 0 Å². The number of nitrogens with one attached hydrogen (secondary N) is 1. The standard InChI is InChI=1S/C20H16Cl3N3O/c21-13-6-4-12(5-7-13)19-24-18-11-26(9-8-14(18)20(27)25-19)10-15-16(22)2-1-3-17(15)23/h1-7H,8-11H2,(H,24,25,27). The van der Waals surface area contributed by atoms with Gasteiger partial charge in [-0.15, -0.1) is 0 Å². The topological polar surface area (TPSA) is 49.0 Å². The van der Waals surface area contributed by atoms with Crippen molar-refractivity contribution >= 4 is 34.8 Å². The summed E-state index contributed by atoms with van der Waals surface area (Å²) in [5.74, 6) is 0.549. The zero-order valence-electron chi connectivity index (χ0n) is 14.3. The number of benzene rings is 2. The number of H-pyrrole nitrogens is 1. The van der Waals surface area contributed by atoms with E-state index in [1.807, 2.05) is 30.3 Å². The van der Waals surface area contributed by atoms with Crippen LogP contribution in [0.3, 0.4) is 0 Å². The van der Waals surface area contributed by atoms with Gasteiger partial charge in [0.1, 0.15) is 5.82 Å². The summed E-state index contributed by atoms with van der Waals surface area (Å²) in [6.45, 7) is 1.93. The van der Waals surface area contributed by atoms with E-state index in [1.54, 1.807) is 12.1 Å². The Balaban J connectivity index is 1.63. The van der Waals surface area contributed by atoms with Crippen molar-refractivity contribution in [1.29, 1.82) is 0 Å². The van der Waals surface area contributed by atoms with Crippen molar-refractivity contribution in [3.05, 3.63) is 84.7 Å². The summed E-state index contributed by atoms with van der Waals surface area (Å²) in [5, 5.41) is 1.94. The minimum Gasteiger partial charge on any atom is -0.306 e. The zero-order chi connectivity index (χ0) is 19.0. The molecule has 0 amide bonds. The van der Waals surface area contributed by atoms with Gasteiger partial charge in [0, 0.05) is 51.4 Å². The van der Waals surface area contributed by atoms with Crippen LogP contribution in [0.4, 0.5) is 0 Å². The van der Waals surface area contributed by atoms with E-state index >= 15 is 0 Å². The average Bonchev–Trinajstić information content (AvgIpc) is 2.65. The fraction of sp³-hybridized carbons (Fsp3) is 0.200. The Labute approximate surface area is 171 Å². The molecule has 0 saturated heterocycles. The number of fused-ring (bicyclic) bond motifs is 1. The van der Waals surface area contributed by atoms with Crippen molar-refractivity contribution in [2.24, 2.45) is 0 Å². The van der Waals surface area contributed by atoms with E-state index in [0.717, 1.165) is 28.9 Å². The molecule has 0 aliphatic carbocycles. The van der Waals surface area contributed by atoms with Gasteiger partial charge in [-0.3, -0.25) is 9.69 Å². The first-order chi connectivity index (χ1) is 13.0. The summed E-state index contributed by atoms with van der Waals surface area (Å²) in [6, 6.07) is 12.8. The normalized spacial score (nSPS) is 14.2. The largest absolute Gasteiger partial charge is 0.306 e. The molecular formula is C20H16Cl3N3O. The highest BCUT2D eigenvalue weighted by molar-refractivity contribution is 6.36. The van der Waals surface area contributed by atoms with Gasteiger partial charge in [-0.2, -0.15) is 0 Å². The van der Waals surface area contributed by atoms with E-state index in [2.05, 4.69) is 9.88 Å². The van der Waals surface area contributed by atoms with Gasteiger partial charge in [-0.05, 0) is 42.8 Å². The monoisotopic (exact) mass is 419 g/mol. The second-order valence-corrected chi connectivity index (χ2v) is 7.76. The van der Waals surface area contributed by atoms with Crippen LogP contribution in [-0.4, -0.2) is 21.4 Å². The molecule has 27 heavy (non-hydrogen) atoms. The number of halogens is 3. The Hall–Kier alpha value is -1.85. The molecule has 0 fully saturated rings. The van der Waals surface area contributed by atoms with Crippen LogP contribution in [0.15, 0.2) is 47.3 Å². The van der Waals surface area contributed by atoms with Crippen LogP contribution >= 0.6 is 34.8 Å². The molecule has 1 aromatic heterocycles. The van der Waals surface area contributed by atoms with Gasteiger partial charge in [-0.25, -0.2) is 4.98 Å². The van der Waals surface area contributed by atoms with Crippen molar-refractivity contribution in [1.82, 2.24) is 14.9 Å². The van der Waals surface area contributed by atoms with Crippen LogP contribution in [-0.2, 0) is 19.5 Å². The van der Waals surface area contributed by atoms with Gasteiger partial charge in [0.25, 0.3) is 5.56 Å². The van der Waals surface area contributed by atoms with Crippen LogP contribution in [0.5, 0.6) is 0 Å². The molecule has 4 nitrogen and oxygen atoms in total. The highest BCUT2D eigenvalue weighted by atomic mass is 35.5. The van der Waals surface area contributed by atoms with E-state index in [0.29, 0.717) is 40.4 Å². The molecule has 0 saturated carbocycles. The zero-order valence-corrected chi connectivity index (χ0v) is 16.6. The van der Waals surface area contributed by atoms with Crippen molar-refractivity contribution in [2.45, 2.75) is 19.5 Å². The lowest BCUT2D eigenvalue weighted by atomic mass is 10.0. The summed E-state index contributed by atoms with van der Waals surface area (Å²) < 4.78 is 0. The molecule has 0 radical (unpaired) electrons. The molecule has 138 valence electrons. The molecule has 4 rings (SSSR count). The maximum Gasteiger partial charge on any atom is 0.254 e. The summed E-state index contributed by atoms with van der Waals surface area (Å²) >= 11 is 18.5. The van der Waals surface area contributed by atoms with Gasteiger partial charge in [-0.1, -0.05) is 40.9 Å². The number of hydrogen-bond donors (Lipinski definition) is 1. The first-order valence-corrected chi connectivity index (χ1v) is 9.68. The molecule has 3 aromatic rings. The smallest absolute Gasteiger partial charge is 0.254 e. The molecule has 0 spiro atoms. The van der Waals surface area contributed by atoms with Crippen LogP contribution in [0.1, 0.15) is 16.8 Å². The van der Waals surface area contributed by atoms with E-state index in [4.69, 9.17) is 39.8 Å². The first kappa shape index (κ1) is 18.5. The number of nitrogens with zero attached hydrogens (tertiary/aromatic N) is 2. The Bertz CT molecular complexity index is 1030. The van der Waals surface area contributed by atoms with Crippen LogP contribution < -0.4 is 5.56 Å².